The Kier molecular flexibility index (Phi) is 3.25. The van der Waals surface area contributed by atoms with Gasteiger partial charge in [0.15, 0.2) is 0 Å². The van der Waals surface area contributed by atoms with Crippen molar-refractivity contribution >= 4 is 0 Å². The van der Waals surface area contributed by atoms with Crippen molar-refractivity contribution in [3.8, 4) is 22.9 Å². The molecule has 114 valence electrons. The van der Waals surface area contributed by atoms with Gasteiger partial charge >= 0.3 is 0 Å². The normalized spacial score (nSPS) is 15.5. The topological polar surface area (TPSA) is 44.2 Å². The standard InChI is InChI=1S/C18H20N2O2/c1-21-16-10-12-6-4-7-14(12)19-17(16)13-9-11-5-3-8-15(11)20-18(13)22-2/h9-10H,3-8H2,1-2H3. The monoisotopic (exact) mass is 296 g/mol. The molecule has 0 saturated carbocycles. The lowest BCUT2D eigenvalue weighted by atomic mass is 10.1. The van der Waals surface area contributed by atoms with Gasteiger partial charge in [0, 0.05) is 11.4 Å². The molecule has 0 spiro atoms. The van der Waals surface area contributed by atoms with Gasteiger partial charge in [0.2, 0.25) is 5.88 Å². The van der Waals surface area contributed by atoms with Crippen LogP contribution in [-0.2, 0) is 25.7 Å². The fraction of sp³-hybridized carbons (Fsp3) is 0.444. The summed E-state index contributed by atoms with van der Waals surface area (Å²) in [6.45, 7) is 0. The van der Waals surface area contributed by atoms with Gasteiger partial charge in [-0.05, 0) is 61.8 Å². The molecule has 0 atom stereocenters. The summed E-state index contributed by atoms with van der Waals surface area (Å²) in [4.78, 5) is 9.58. The van der Waals surface area contributed by atoms with Crippen molar-refractivity contribution in [2.45, 2.75) is 38.5 Å². The van der Waals surface area contributed by atoms with Crippen LogP contribution < -0.4 is 9.47 Å². The lowest BCUT2D eigenvalue weighted by Crippen LogP contribution is -2.01. The highest BCUT2D eigenvalue weighted by Crippen LogP contribution is 2.39. The first kappa shape index (κ1) is 13.6. The molecule has 0 radical (unpaired) electrons. The van der Waals surface area contributed by atoms with Crippen molar-refractivity contribution < 1.29 is 9.47 Å². The molecule has 0 aromatic carbocycles. The number of fused-ring (bicyclic) bond motifs is 2. The van der Waals surface area contributed by atoms with Crippen LogP contribution in [0.4, 0.5) is 0 Å². The first-order valence-electron chi connectivity index (χ1n) is 7.94. The maximum atomic E-state index is 5.60. The summed E-state index contributed by atoms with van der Waals surface area (Å²) in [5, 5.41) is 0. The number of nitrogens with zero attached hydrogens (tertiary/aromatic N) is 2. The Morgan fingerprint density at radius 2 is 1.50 bits per heavy atom. The van der Waals surface area contributed by atoms with E-state index in [-0.39, 0.29) is 0 Å². The van der Waals surface area contributed by atoms with Crippen molar-refractivity contribution in [3.05, 3.63) is 34.6 Å². The van der Waals surface area contributed by atoms with Gasteiger partial charge in [-0.25, -0.2) is 9.97 Å². The fourth-order valence-electron chi connectivity index (χ4n) is 3.58. The van der Waals surface area contributed by atoms with Crippen LogP contribution in [0.25, 0.3) is 11.3 Å². The molecule has 4 heteroatoms. The molecular formula is C18H20N2O2. The molecule has 0 amide bonds. The zero-order valence-electron chi connectivity index (χ0n) is 13.1. The molecule has 22 heavy (non-hydrogen) atoms. The molecule has 4 nitrogen and oxygen atoms in total. The fourth-order valence-corrected chi connectivity index (χ4v) is 3.58. The van der Waals surface area contributed by atoms with E-state index >= 15 is 0 Å². The van der Waals surface area contributed by atoms with Crippen LogP contribution in [-0.4, -0.2) is 24.2 Å². The highest BCUT2D eigenvalue weighted by atomic mass is 16.5. The minimum atomic E-state index is 0.657. The second-order valence-electron chi connectivity index (χ2n) is 6.00. The molecule has 2 aliphatic rings. The number of methoxy groups -OCH3 is 2. The van der Waals surface area contributed by atoms with Gasteiger partial charge in [0.25, 0.3) is 0 Å². The van der Waals surface area contributed by atoms with Crippen molar-refractivity contribution in [2.24, 2.45) is 0 Å². The zero-order valence-corrected chi connectivity index (χ0v) is 13.1. The number of ether oxygens (including phenoxy) is 2. The third-order valence-corrected chi connectivity index (χ3v) is 4.70. The highest BCUT2D eigenvalue weighted by Gasteiger charge is 2.23. The zero-order chi connectivity index (χ0) is 15.1. The highest BCUT2D eigenvalue weighted by molar-refractivity contribution is 5.73. The van der Waals surface area contributed by atoms with Crippen molar-refractivity contribution in [2.75, 3.05) is 14.2 Å². The Morgan fingerprint density at radius 3 is 2.18 bits per heavy atom. The largest absolute Gasteiger partial charge is 0.494 e. The summed E-state index contributed by atoms with van der Waals surface area (Å²) in [7, 11) is 3.38. The first-order chi connectivity index (χ1) is 10.8. The van der Waals surface area contributed by atoms with Gasteiger partial charge in [-0.1, -0.05) is 0 Å². The molecule has 2 aromatic rings. The summed E-state index contributed by atoms with van der Waals surface area (Å²) in [5.41, 5.74) is 6.81. The first-order valence-corrected chi connectivity index (χ1v) is 7.94. The lowest BCUT2D eigenvalue weighted by Gasteiger charge is -2.14. The molecule has 0 bridgehead atoms. The van der Waals surface area contributed by atoms with Crippen LogP contribution in [0.3, 0.4) is 0 Å². The van der Waals surface area contributed by atoms with Gasteiger partial charge in [-0.2, -0.15) is 0 Å². The quantitative estimate of drug-likeness (QED) is 0.873. The smallest absolute Gasteiger partial charge is 0.223 e. The van der Waals surface area contributed by atoms with Gasteiger partial charge in [0.05, 0.1) is 19.8 Å². The number of aromatic nitrogens is 2. The second-order valence-corrected chi connectivity index (χ2v) is 6.00. The Morgan fingerprint density at radius 1 is 0.818 bits per heavy atom. The Bertz CT molecular complexity index is 677. The van der Waals surface area contributed by atoms with Crippen LogP contribution in [0.5, 0.6) is 11.6 Å². The minimum absolute atomic E-state index is 0.657. The molecule has 0 saturated heterocycles. The van der Waals surface area contributed by atoms with Gasteiger partial charge in [-0.3, -0.25) is 0 Å². The van der Waals surface area contributed by atoms with E-state index in [1.807, 2.05) is 0 Å². The van der Waals surface area contributed by atoms with Crippen molar-refractivity contribution in [1.29, 1.82) is 0 Å². The number of pyridine rings is 2. The van der Waals surface area contributed by atoms with Gasteiger partial charge in [-0.15, -0.1) is 0 Å². The maximum absolute atomic E-state index is 5.60. The Balaban J connectivity index is 1.91. The van der Waals surface area contributed by atoms with E-state index in [2.05, 4.69) is 12.1 Å². The number of hydrogen-bond acceptors (Lipinski definition) is 4. The van der Waals surface area contributed by atoms with Gasteiger partial charge in [0.1, 0.15) is 11.4 Å². The molecule has 0 N–H and O–H groups in total. The maximum Gasteiger partial charge on any atom is 0.223 e. The molecule has 0 aliphatic heterocycles. The Labute approximate surface area is 130 Å². The van der Waals surface area contributed by atoms with Crippen LogP contribution in [0.15, 0.2) is 12.1 Å². The molecule has 2 aliphatic carbocycles. The van der Waals surface area contributed by atoms with Crippen molar-refractivity contribution in [3.63, 3.8) is 0 Å². The van der Waals surface area contributed by atoms with E-state index in [9.17, 15) is 0 Å². The summed E-state index contributed by atoms with van der Waals surface area (Å²) in [6.07, 6.45) is 6.62. The average molecular weight is 296 g/mol. The summed E-state index contributed by atoms with van der Waals surface area (Å²) in [6, 6.07) is 4.33. The summed E-state index contributed by atoms with van der Waals surface area (Å²) < 4.78 is 11.1. The van der Waals surface area contributed by atoms with E-state index in [1.54, 1.807) is 14.2 Å². The van der Waals surface area contributed by atoms with Crippen molar-refractivity contribution in [1.82, 2.24) is 9.97 Å². The number of hydrogen-bond donors (Lipinski definition) is 0. The average Bonchev–Trinajstić information content (AvgIpc) is 3.19. The van der Waals surface area contributed by atoms with Crippen LogP contribution in [0.2, 0.25) is 0 Å². The van der Waals surface area contributed by atoms with E-state index in [0.29, 0.717) is 5.88 Å². The molecule has 2 heterocycles. The Hall–Kier alpha value is -2.10. The molecular weight excluding hydrogens is 276 g/mol. The van der Waals surface area contributed by atoms with E-state index in [0.717, 1.165) is 42.7 Å². The van der Waals surface area contributed by atoms with Crippen LogP contribution in [0, 0.1) is 0 Å². The second kappa shape index (κ2) is 5.27. The number of aryl methyl sites for hydroxylation is 4. The minimum Gasteiger partial charge on any atom is -0.494 e. The lowest BCUT2D eigenvalue weighted by molar-refractivity contribution is 0.395. The SMILES string of the molecule is COc1cc2c(nc1-c1cc3c(nc1OC)CCC3)CCC2. The van der Waals surface area contributed by atoms with Crippen LogP contribution in [0.1, 0.15) is 35.4 Å². The predicted octanol–water partition coefficient (Wildman–Crippen LogP) is 3.14. The van der Waals surface area contributed by atoms with Gasteiger partial charge < -0.3 is 9.47 Å². The van der Waals surface area contributed by atoms with E-state index < -0.39 is 0 Å². The molecule has 2 aromatic heterocycles. The molecule has 0 unspecified atom stereocenters. The van der Waals surface area contributed by atoms with Crippen LogP contribution >= 0.6 is 0 Å². The van der Waals surface area contributed by atoms with E-state index in [4.69, 9.17) is 19.4 Å². The molecule has 0 fully saturated rings. The summed E-state index contributed by atoms with van der Waals surface area (Å²) in [5.74, 6) is 1.48. The predicted molar refractivity (Wildman–Crippen MR) is 84.6 cm³/mol. The third kappa shape index (κ3) is 2.05. The molecule has 4 rings (SSSR count). The summed E-state index contributed by atoms with van der Waals surface area (Å²) >= 11 is 0. The third-order valence-electron chi connectivity index (χ3n) is 4.70. The number of rotatable bonds is 3. The van der Waals surface area contributed by atoms with E-state index in [1.165, 1.54) is 35.4 Å².